The monoisotopic (exact) mass is 237 g/mol. The highest BCUT2D eigenvalue weighted by Gasteiger charge is 2.42. The molecule has 5 heteroatoms. The molecule has 1 aliphatic rings. The van der Waals surface area contributed by atoms with E-state index in [-0.39, 0.29) is 5.75 Å². The van der Waals surface area contributed by atoms with E-state index in [2.05, 4.69) is 9.73 Å². The van der Waals surface area contributed by atoms with Crippen LogP contribution in [0.1, 0.15) is 5.56 Å². The van der Waals surface area contributed by atoms with E-state index in [1.54, 1.807) is 0 Å². The van der Waals surface area contributed by atoms with Gasteiger partial charge in [0.1, 0.15) is 5.04 Å². The minimum atomic E-state index is -1.73. The largest absolute Gasteiger partial charge is 0.465 e. The molecule has 1 aliphatic heterocycles. The average molecular weight is 237 g/mol. The molecule has 1 unspecified atom stereocenters. The van der Waals surface area contributed by atoms with E-state index in [0.29, 0.717) is 5.04 Å². The molecule has 2 rings (SSSR count). The van der Waals surface area contributed by atoms with Gasteiger partial charge >= 0.3 is 5.97 Å². The van der Waals surface area contributed by atoms with Crippen LogP contribution in [-0.2, 0) is 9.53 Å². The van der Waals surface area contributed by atoms with Crippen LogP contribution in [0.2, 0.25) is 0 Å². The second-order valence-corrected chi connectivity index (χ2v) is 4.34. The Balaban J connectivity index is 2.28. The van der Waals surface area contributed by atoms with E-state index in [1.165, 1.54) is 18.9 Å². The quantitative estimate of drug-likeness (QED) is 0.781. The molecule has 0 saturated carbocycles. The summed E-state index contributed by atoms with van der Waals surface area (Å²) in [6, 6.07) is 9.43. The first-order valence-corrected chi connectivity index (χ1v) is 5.73. The first-order chi connectivity index (χ1) is 7.65. The Morgan fingerprint density at radius 3 is 2.81 bits per heavy atom. The van der Waals surface area contributed by atoms with Gasteiger partial charge in [-0.2, -0.15) is 0 Å². The van der Waals surface area contributed by atoms with Gasteiger partial charge in [0.15, 0.2) is 0 Å². The van der Waals surface area contributed by atoms with Crippen LogP contribution >= 0.6 is 11.8 Å². The summed E-state index contributed by atoms with van der Waals surface area (Å²) in [6.45, 7) is 0. The summed E-state index contributed by atoms with van der Waals surface area (Å²) < 4.78 is 4.51. The Morgan fingerprint density at radius 2 is 2.19 bits per heavy atom. The summed E-state index contributed by atoms with van der Waals surface area (Å²) in [5, 5.41) is 10.6. The predicted molar refractivity (Wildman–Crippen MR) is 62.4 cm³/mol. The molecule has 84 valence electrons. The number of aliphatic imine (C=N–C) groups is 1. The molecule has 1 aromatic rings. The lowest BCUT2D eigenvalue weighted by molar-refractivity contribution is -0.158. The third kappa shape index (κ3) is 1.96. The Hall–Kier alpha value is -1.33. The summed E-state index contributed by atoms with van der Waals surface area (Å²) >= 11 is 1.35. The van der Waals surface area contributed by atoms with Gasteiger partial charge in [0, 0.05) is 5.56 Å². The lowest BCUT2D eigenvalue weighted by atomic mass is 10.2. The maximum Gasteiger partial charge on any atom is 0.362 e. The molecule has 0 bridgehead atoms. The Labute approximate surface area is 97.3 Å². The average Bonchev–Trinajstić information content (AvgIpc) is 2.73. The molecule has 4 nitrogen and oxygen atoms in total. The first kappa shape index (κ1) is 11.2. The molecular weight excluding hydrogens is 226 g/mol. The highest BCUT2D eigenvalue weighted by Crippen LogP contribution is 2.30. The second kappa shape index (κ2) is 4.27. The van der Waals surface area contributed by atoms with Gasteiger partial charge in [-0.3, -0.25) is 0 Å². The molecular formula is C11H11NO3S. The van der Waals surface area contributed by atoms with Crippen LogP contribution in [0.15, 0.2) is 35.3 Å². The highest BCUT2D eigenvalue weighted by molar-refractivity contribution is 8.14. The number of hydrogen-bond donors (Lipinski definition) is 1. The van der Waals surface area contributed by atoms with E-state index in [1.807, 2.05) is 30.3 Å². The van der Waals surface area contributed by atoms with Crippen LogP contribution in [-0.4, -0.2) is 34.7 Å². The number of ether oxygens (including phenoxy) is 1. The molecule has 0 saturated heterocycles. The fraction of sp³-hybridized carbons (Fsp3) is 0.273. The third-order valence-corrected chi connectivity index (χ3v) is 3.38. The fourth-order valence-electron chi connectivity index (χ4n) is 1.40. The lowest BCUT2D eigenvalue weighted by Crippen LogP contribution is -2.38. The van der Waals surface area contributed by atoms with Crippen molar-refractivity contribution in [2.75, 3.05) is 12.9 Å². The lowest BCUT2D eigenvalue weighted by Gasteiger charge is -2.13. The van der Waals surface area contributed by atoms with Crippen LogP contribution < -0.4 is 0 Å². The summed E-state index contributed by atoms with van der Waals surface area (Å²) in [5.41, 5.74) is -0.836. The number of benzene rings is 1. The van der Waals surface area contributed by atoms with Gasteiger partial charge in [0.2, 0.25) is 0 Å². The SMILES string of the molecule is COC(=O)C1(O)CSC(c2ccccc2)=N1. The molecule has 1 atom stereocenters. The van der Waals surface area contributed by atoms with E-state index in [0.717, 1.165) is 5.56 Å². The van der Waals surface area contributed by atoms with Crippen molar-refractivity contribution in [3.8, 4) is 0 Å². The van der Waals surface area contributed by atoms with E-state index in [4.69, 9.17) is 0 Å². The fourth-order valence-corrected chi connectivity index (χ4v) is 2.44. The Morgan fingerprint density at radius 1 is 1.50 bits per heavy atom. The highest BCUT2D eigenvalue weighted by atomic mass is 32.2. The number of carbonyl (C=O) groups is 1. The van der Waals surface area contributed by atoms with E-state index in [9.17, 15) is 9.90 Å². The summed E-state index contributed by atoms with van der Waals surface area (Å²) in [4.78, 5) is 15.3. The summed E-state index contributed by atoms with van der Waals surface area (Å²) in [7, 11) is 1.24. The van der Waals surface area contributed by atoms with Gasteiger partial charge < -0.3 is 9.84 Å². The van der Waals surface area contributed by atoms with Gasteiger partial charge in [0.05, 0.1) is 12.9 Å². The van der Waals surface area contributed by atoms with Gasteiger partial charge in [0.25, 0.3) is 5.72 Å². The van der Waals surface area contributed by atoms with Crippen molar-refractivity contribution in [3.63, 3.8) is 0 Å². The zero-order valence-corrected chi connectivity index (χ0v) is 9.53. The van der Waals surface area contributed by atoms with E-state index >= 15 is 0 Å². The molecule has 0 spiro atoms. The van der Waals surface area contributed by atoms with Gasteiger partial charge in [-0.05, 0) is 0 Å². The maximum atomic E-state index is 11.3. The van der Waals surface area contributed by atoms with Crippen molar-refractivity contribution in [3.05, 3.63) is 35.9 Å². The molecule has 0 radical (unpaired) electrons. The molecule has 0 fully saturated rings. The molecule has 0 amide bonds. The summed E-state index contributed by atoms with van der Waals surface area (Å²) in [6.07, 6.45) is 0. The zero-order chi connectivity index (χ0) is 11.6. The van der Waals surface area contributed by atoms with Gasteiger partial charge in [-0.1, -0.05) is 30.3 Å². The van der Waals surface area contributed by atoms with Gasteiger partial charge in [-0.25, -0.2) is 9.79 Å². The molecule has 0 aromatic heterocycles. The normalized spacial score (nSPS) is 24.0. The van der Waals surface area contributed by atoms with Gasteiger partial charge in [-0.15, -0.1) is 11.8 Å². The van der Waals surface area contributed by atoms with E-state index < -0.39 is 11.7 Å². The maximum absolute atomic E-state index is 11.3. The molecule has 1 aromatic carbocycles. The minimum absolute atomic E-state index is 0.198. The smallest absolute Gasteiger partial charge is 0.362 e. The summed E-state index contributed by atoms with van der Waals surface area (Å²) in [5.74, 6) is -0.518. The molecule has 1 heterocycles. The van der Waals surface area contributed by atoms with Crippen LogP contribution in [0.3, 0.4) is 0 Å². The standard InChI is InChI=1S/C11H11NO3S/c1-15-10(13)11(14)7-16-9(12-11)8-5-3-2-4-6-8/h2-6,14H,7H2,1H3. The minimum Gasteiger partial charge on any atom is -0.465 e. The molecule has 1 N–H and O–H groups in total. The number of rotatable bonds is 2. The number of esters is 1. The molecule has 16 heavy (non-hydrogen) atoms. The number of nitrogens with zero attached hydrogens (tertiary/aromatic N) is 1. The van der Waals surface area contributed by atoms with Crippen LogP contribution in [0.25, 0.3) is 0 Å². The number of thioether (sulfide) groups is 1. The van der Waals surface area contributed by atoms with Crippen LogP contribution in [0.5, 0.6) is 0 Å². The van der Waals surface area contributed by atoms with Crippen LogP contribution in [0, 0.1) is 0 Å². The molecule has 0 aliphatic carbocycles. The van der Waals surface area contributed by atoms with Crippen molar-refractivity contribution in [1.29, 1.82) is 0 Å². The Bertz CT molecular complexity index is 432. The number of carbonyl (C=O) groups excluding carboxylic acids is 1. The first-order valence-electron chi connectivity index (χ1n) is 4.74. The topological polar surface area (TPSA) is 58.9 Å². The number of aliphatic hydroxyl groups is 1. The second-order valence-electron chi connectivity index (χ2n) is 3.38. The van der Waals surface area contributed by atoms with Crippen LogP contribution in [0.4, 0.5) is 0 Å². The van der Waals surface area contributed by atoms with Crippen molar-refractivity contribution in [1.82, 2.24) is 0 Å². The van der Waals surface area contributed by atoms with Crippen molar-refractivity contribution in [2.45, 2.75) is 5.72 Å². The third-order valence-electron chi connectivity index (χ3n) is 2.23. The Kier molecular flexibility index (Phi) is 2.98. The van der Waals surface area contributed by atoms with Crippen molar-refractivity contribution < 1.29 is 14.6 Å². The zero-order valence-electron chi connectivity index (χ0n) is 8.71. The van der Waals surface area contributed by atoms with Crippen molar-refractivity contribution in [2.24, 2.45) is 4.99 Å². The number of methoxy groups -OCH3 is 1. The number of hydrogen-bond acceptors (Lipinski definition) is 5. The predicted octanol–water partition coefficient (Wildman–Crippen LogP) is 1.04. The van der Waals surface area contributed by atoms with Crippen molar-refractivity contribution >= 4 is 22.8 Å².